The first kappa shape index (κ1) is 18.3. The largest absolute Gasteiger partial charge is 0.487 e. The maximum Gasteiger partial charge on any atom is 0.257 e. The third kappa shape index (κ3) is 4.41. The highest BCUT2D eigenvalue weighted by Gasteiger charge is 2.11. The zero-order valence-electron chi connectivity index (χ0n) is 14.5. The van der Waals surface area contributed by atoms with Crippen molar-refractivity contribution in [2.24, 2.45) is 0 Å². The molecule has 0 saturated heterocycles. The summed E-state index contributed by atoms with van der Waals surface area (Å²) in [4.78, 5) is 21.1. The monoisotopic (exact) mass is 411 g/mol. The van der Waals surface area contributed by atoms with Crippen molar-refractivity contribution in [3.8, 4) is 17.0 Å². The smallest absolute Gasteiger partial charge is 0.257 e. The summed E-state index contributed by atoms with van der Waals surface area (Å²) in [5.41, 5.74) is 4.53. The Hall–Kier alpha value is -3.10. The van der Waals surface area contributed by atoms with Gasteiger partial charge in [-0.05, 0) is 42.5 Å². The van der Waals surface area contributed by atoms with Crippen LogP contribution in [0.15, 0.2) is 64.8 Å². The summed E-state index contributed by atoms with van der Waals surface area (Å²) in [6.07, 6.45) is 0. The van der Waals surface area contributed by atoms with Gasteiger partial charge >= 0.3 is 0 Å². The zero-order chi connectivity index (χ0) is 19.3. The lowest BCUT2D eigenvalue weighted by Crippen LogP contribution is -2.11. The third-order valence-electron chi connectivity index (χ3n) is 3.83. The minimum atomic E-state index is -0.301. The molecule has 0 aliphatic rings. The van der Waals surface area contributed by atoms with Gasteiger partial charge in [-0.25, -0.2) is 14.4 Å². The van der Waals surface area contributed by atoms with Crippen LogP contribution in [-0.2, 0) is 6.61 Å². The van der Waals surface area contributed by atoms with Gasteiger partial charge in [0.1, 0.15) is 18.2 Å². The van der Waals surface area contributed by atoms with Gasteiger partial charge in [-0.3, -0.25) is 10.1 Å². The molecule has 4 aromatic rings. The van der Waals surface area contributed by atoms with Crippen molar-refractivity contribution in [3.05, 3.63) is 81.9 Å². The molecule has 1 N–H and O–H groups in total. The van der Waals surface area contributed by atoms with Gasteiger partial charge in [0.05, 0.1) is 16.9 Å². The van der Waals surface area contributed by atoms with Gasteiger partial charge in [0.2, 0.25) is 0 Å². The number of anilines is 1. The summed E-state index contributed by atoms with van der Waals surface area (Å²) < 4.78 is 18.7. The highest BCUT2D eigenvalue weighted by atomic mass is 32.1. The number of rotatable bonds is 6. The highest BCUT2D eigenvalue weighted by Crippen LogP contribution is 2.25. The molecule has 1 amide bonds. The molecule has 2 aromatic carbocycles. The number of ether oxygens (including phenoxy) is 1. The van der Waals surface area contributed by atoms with Crippen molar-refractivity contribution < 1.29 is 13.9 Å². The van der Waals surface area contributed by atoms with Crippen LogP contribution in [0.4, 0.5) is 9.52 Å². The number of thiazole rings is 2. The van der Waals surface area contributed by atoms with E-state index in [1.807, 2.05) is 10.8 Å². The molecule has 0 bridgehead atoms. The second kappa shape index (κ2) is 8.28. The van der Waals surface area contributed by atoms with E-state index < -0.39 is 0 Å². The maximum absolute atomic E-state index is 13.0. The number of hydrogen-bond acceptors (Lipinski definition) is 6. The summed E-state index contributed by atoms with van der Waals surface area (Å²) >= 11 is 2.81. The summed E-state index contributed by atoms with van der Waals surface area (Å²) in [5, 5.41) is 6.99. The Morgan fingerprint density at radius 3 is 2.79 bits per heavy atom. The van der Waals surface area contributed by atoms with E-state index in [4.69, 9.17) is 4.74 Å². The Balaban J connectivity index is 1.42. The van der Waals surface area contributed by atoms with Crippen molar-refractivity contribution in [3.63, 3.8) is 0 Å². The van der Waals surface area contributed by atoms with Crippen molar-refractivity contribution >= 4 is 33.7 Å². The van der Waals surface area contributed by atoms with Crippen LogP contribution in [0.5, 0.6) is 5.75 Å². The number of nitrogens with one attached hydrogen (secondary N) is 1. The molecule has 0 aliphatic heterocycles. The van der Waals surface area contributed by atoms with E-state index in [0.717, 1.165) is 11.3 Å². The molecule has 8 heteroatoms. The standard InChI is InChI=1S/C20H14FN3O2S2/c21-15-6-4-13(5-7-15)18-11-28-20(23-18)24-19(25)14-2-1-3-17(8-14)26-9-16-10-27-12-22-16/h1-8,10-12H,9H2,(H,23,24,25). The Bertz CT molecular complexity index is 1080. The van der Waals surface area contributed by atoms with E-state index in [2.05, 4.69) is 15.3 Å². The summed E-state index contributed by atoms with van der Waals surface area (Å²) in [6.45, 7) is 0.349. The molecule has 0 aliphatic carbocycles. The van der Waals surface area contributed by atoms with E-state index in [1.54, 1.807) is 41.9 Å². The van der Waals surface area contributed by atoms with Gasteiger partial charge in [-0.1, -0.05) is 6.07 Å². The molecule has 140 valence electrons. The maximum atomic E-state index is 13.0. The molecule has 0 spiro atoms. The highest BCUT2D eigenvalue weighted by molar-refractivity contribution is 7.14. The van der Waals surface area contributed by atoms with E-state index in [1.165, 1.54) is 34.8 Å². The fraction of sp³-hybridized carbons (Fsp3) is 0.0500. The Labute approximate surface area is 168 Å². The quantitative estimate of drug-likeness (QED) is 0.471. The first-order valence-corrected chi connectivity index (χ1v) is 10.1. The van der Waals surface area contributed by atoms with Crippen LogP contribution >= 0.6 is 22.7 Å². The SMILES string of the molecule is O=C(Nc1nc(-c2ccc(F)cc2)cs1)c1cccc(OCc2cscn2)c1. The molecule has 28 heavy (non-hydrogen) atoms. The molecule has 5 nitrogen and oxygen atoms in total. The van der Waals surface area contributed by atoms with Gasteiger partial charge in [0.25, 0.3) is 5.91 Å². The predicted octanol–water partition coefficient (Wildman–Crippen LogP) is 5.24. The molecule has 0 atom stereocenters. The average Bonchev–Trinajstić information content (AvgIpc) is 3.39. The Kier molecular flexibility index (Phi) is 5.41. The Morgan fingerprint density at radius 2 is 2.00 bits per heavy atom. The van der Waals surface area contributed by atoms with E-state index in [0.29, 0.717) is 28.7 Å². The van der Waals surface area contributed by atoms with Crippen LogP contribution in [-0.4, -0.2) is 15.9 Å². The van der Waals surface area contributed by atoms with Crippen LogP contribution in [0.1, 0.15) is 16.1 Å². The molecular weight excluding hydrogens is 397 g/mol. The van der Waals surface area contributed by atoms with Crippen LogP contribution in [0.25, 0.3) is 11.3 Å². The molecule has 0 fully saturated rings. The summed E-state index contributed by atoms with van der Waals surface area (Å²) in [7, 11) is 0. The number of amides is 1. The number of benzene rings is 2. The van der Waals surface area contributed by atoms with Gasteiger partial charge in [0, 0.05) is 21.9 Å². The first-order valence-electron chi connectivity index (χ1n) is 8.30. The number of nitrogens with zero attached hydrogens (tertiary/aromatic N) is 2. The van der Waals surface area contributed by atoms with Gasteiger partial charge in [-0.2, -0.15) is 0 Å². The van der Waals surface area contributed by atoms with Crippen molar-refractivity contribution in [1.29, 1.82) is 0 Å². The van der Waals surface area contributed by atoms with Crippen LogP contribution in [0, 0.1) is 5.82 Å². The first-order chi connectivity index (χ1) is 13.7. The zero-order valence-corrected chi connectivity index (χ0v) is 16.1. The minimum absolute atomic E-state index is 0.279. The van der Waals surface area contributed by atoms with Crippen LogP contribution in [0.2, 0.25) is 0 Å². The fourth-order valence-electron chi connectivity index (χ4n) is 2.45. The predicted molar refractivity (Wildman–Crippen MR) is 108 cm³/mol. The minimum Gasteiger partial charge on any atom is -0.487 e. The van der Waals surface area contributed by atoms with Gasteiger partial charge in [-0.15, -0.1) is 22.7 Å². The molecule has 0 unspecified atom stereocenters. The van der Waals surface area contributed by atoms with Gasteiger partial charge in [0.15, 0.2) is 5.13 Å². The molecule has 0 radical (unpaired) electrons. The third-order valence-corrected chi connectivity index (χ3v) is 5.22. The van der Waals surface area contributed by atoms with E-state index in [-0.39, 0.29) is 11.7 Å². The van der Waals surface area contributed by atoms with E-state index in [9.17, 15) is 9.18 Å². The number of hydrogen-bond donors (Lipinski definition) is 1. The topological polar surface area (TPSA) is 64.1 Å². The lowest BCUT2D eigenvalue weighted by molar-refractivity contribution is 0.102. The van der Waals surface area contributed by atoms with Crippen molar-refractivity contribution in [1.82, 2.24) is 9.97 Å². The van der Waals surface area contributed by atoms with Crippen molar-refractivity contribution in [2.75, 3.05) is 5.32 Å². The Morgan fingerprint density at radius 1 is 1.14 bits per heavy atom. The number of carbonyl (C=O) groups is 1. The number of carbonyl (C=O) groups excluding carboxylic acids is 1. The lowest BCUT2D eigenvalue weighted by Gasteiger charge is -2.07. The molecule has 2 aromatic heterocycles. The molecule has 2 heterocycles. The molecule has 0 saturated carbocycles. The number of halogens is 1. The van der Waals surface area contributed by atoms with Crippen molar-refractivity contribution in [2.45, 2.75) is 6.61 Å². The second-order valence-corrected chi connectivity index (χ2v) is 7.37. The summed E-state index contributed by atoms with van der Waals surface area (Å²) in [6, 6.07) is 13.0. The average molecular weight is 411 g/mol. The summed E-state index contributed by atoms with van der Waals surface area (Å²) in [5.74, 6) is 0.00953. The van der Waals surface area contributed by atoms with Gasteiger partial charge < -0.3 is 4.74 Å². The fourth-order valence-corrected chi connectivity index (χ4v) is 3.70. The number of aromatic nitrogens is 2. The molecule has 4 rings (SSSR count). The van der Waals surface area contributed by atoms with Crippen LogP contribution < -0.4 is 10.1 Å². The second-order valence-electron chi connectivity index (χ2n) is 5.80. The normalized spacial score (nSPS) is 10.6. The lowest BCUT2D eigenvalue weighted by atomic mass is 10.2. The molecular formula is C20H14FN3O2S2. The van der Waals surface area contributed by atoms with E-state index >= 15 is 0 Å². The van der Waals surface area contributed by atoms with Crippen LogP contribution in [0.3, 0.4) is 0 Å².